The quantitative estimate of drug-likeness (QED) is 0.335. The first kappa shape index (κ1) is 24.3. The van der Waals surface area contributed by atoms with Gasteiger partial charge < -0.3 is 24.8 Å². The van der Waals surface area contributed by atoms with Crippen molar-refractivity contribution in [3.05, 3.63) is 0 Å². The third-order valence-corrected chi connectivity index (χ3v) is 0.500. The number of halogens is 2. The summed E-state index contributed by atoms with van der Waals surface area (Å²) in [6, 6.07) is 0. The molecule has 0 saturated heterocycles. The SMILES string of the molecule is CCCC.[Al+3].[Cl-].[Cl-]. The van der Waals surface area contributed by atoms with Gasteiger partial charge in [0.2, 0.25) is 0 Å². The van der Waals surface area contributed by atoms with Gasteiger partial charge in [0, 0.05) is 0 Å². The molecule has 0 aromatic heterocycles. The summed E-state index contributed by atoms with van der Waals surface area (Å²) in [7, 11) is 0. The minimum atomic E-state index is 0. The van der Waals surface area contributed by atoms with Crippen LogP contribution in [0.4, 0.5) is 0 Å². The largest absolute Gasteiger partial charge is 3.00 e. The zero-order valence-electron chi connectivity index (χ0n) is 4.75. The molecule has 0 fully saturated rings. The van der Waals surface area contributed by atoms with Crippen molar-refractivity contribution in [1.29, 1.82) is 0 Å². The van der Waals surface area contributed by atoms with E-state index in [9.17, 15) is 0 Å². The molecule has 7 heavy (non-hydrogen) atoms. The van der Waals surface area contributed by atoms with E-state index in [-0.39, 0.29) is 42.2 Å². The van der Waals surface area contributed by atoms with Crippen LogP contribution in [0.25, 0.3) is 0 Å². The summed E-state index contributed by atoms with van der Waals surface area (Å²) in [6.45, 7) is 4.36. The van der Waals surface area contributed by atoms with E-state index >= 15 is 0 Å². The van der Waals surface area contributed by atoms with Gasteiger partial charge in [-0.15, -0.1) is 0 Å². The molecule has 0 amide bonds. The smallest absolute Gasteiger partial charge is 1.00 e. The monoisotopic (exact) mass is 155 g/mol. The first-order chi connectivity index (χ1) is 1.91. The van der Waals surface area contributed by atoms with Crippen LogP contribution in [0.15, 0.2) is 0 Å². The van der Waals surface area contributed by atoms with Crippen LogP contribution in [0.5, 0.6) is 0 Å². The average Bonchev–Trinajstić information content (AvgIpc) is 1.37. The average molecular weight is 156 g/mol. The second-order valence-electron chi connectivity index (χ2n) is 1.000. The van der Waals surface area contributed by atoms with Crippen molar-refractivity contribution < 1.29 is 24.8 Å². The molecule has 0 aromatic carbocycles. The van der Waals surface area contributed by atoms with E-state index in [1.807, 2.05) is 0 Å². The predicted octanol–water partition coefficient (Wildman–Crippen LogP) is -4.57. The summed E-state index contributed by atoms with van der Waals surface area (Å²) in [6.07, 6.45) is 2.64. The second-order valence-corrected chi connectivity index (χ2v) is 1.000. The molecule has 0 spiro atoms. The number of hydrogen-bond acceptors (Lipinski definition) is 0. The van der Waals surface area contributed by atoms with Gasteiger partial charge in [-0.3, -0.25) is 0 Å². The van der Waals surface area contributed by atoms with Crippen molar-refractivity contribution in [2.24, 2.45) is 0 Å². The molecule has 0 radical (unpaired) electrons. The van der Waals surface area contributed by atoms with Crippen LogP contribution in [0.3, 0.4) is 0 Å². The molecule has 42 valence electrons. The van der Waals surface area contributed by atoms with E-state index < -0.39 is 0 Å². The maximum absolute atomic E-state index is 2.18. The summed E-state index contributed by atoms with van der Waals surface area (Å²) >= 11 is 0. The van der Waals surface area contributed by atoms with Crippen molar-refractivity contribution in [2.75, 3.05) is 0 Å². The van der Waals surface area contributed by atoms with Gasteiger partial charge in [-0.05, 0) is 0 Å². The first-order valence-corrected chi connectivity index (χ1v) is 1.91. The van der Waals surface area contributed by atoms with Crippen molar-refractivity contribution >= 4 is 17.4 Å². The van der Waals surface area contributed by atoms with Crippen LogP contribution in [0.2, 0.25) is 0 Å². The molecule has 0 saturated carbocycles. The van der Waals surface area contributed by atoms with E-state index in [4.69, 9.17) is 0 Å². The van der Waals surface area contributed by atoms with Crippen LogP contribution in [-0.2, 0) is 0 Å². The Kier molecular flexibility index (Phi) is 95.1. The Hall–Kier alpha value is 1.11. The third-order valence-electron chi connectivity index (χ3n) is 0.500. The Balaban J connectivity index is -0.0000000150. The molecule has 0 aliphatic heterocycles. The zero-order valence-corrected chi connectivity index (χ0v) is 7.41. The van der Waals surface area contributed by atoms with Crippen LogP contribution in [-0.4, -0.2) is 17.4 Å². The standard InChI is InChI=1S/C4H10.Al.2ClH/c1-3-4-2;;;/h3-4H2,1-2H3;;2*1H/q;+3;;/p-2. The number of rotatable bonds is 1. The fraction of sp³-hybridized carbons (Fsp3) is 1.00. The van der Waals surface area contributed by atoms with Crippen molar-refractivity contribution in [3.8, 4) is 0 Å². The van der Waals surface area contributed by atoms with E-state index in [2.05, 4.69) is 13.8 Å². The van der Waals surface area contributed by atoms with E-state index in [0.717, 1.165) is 0 Å². The van der Waals surface area contributed by atoms with Gasteiger partial charge >= 0.3 is 17.4 Å². The Labute approximate surface area is 69.0 Å². The molecule has 0 bridgehead atoms. The molecule has 0 heterocycles. The molecule has 0 aliphatic rings. The first-order valence-electron chi connectivity index (χ1n) is 1.91. The third kappa shape index (κ3) is 41.7. The maximum Gasteiger partial charge on any atom is 3.00 e. The molecular formula is C4H10AlCl2+. The Morgan fingerprint density at radius 2 is 1.00 bits per heavy atom. The Morgan fingerprint density at radius 3 is 1.00 bits per heavy atom. The summed E-state index contributed by atoms with van der Waals surface area (Å²) in [4.78, 5) is 0. The minimum absolute atomic E-state index is 0. The summed E-state index contributed by atoms with van der Waals surface area (Å²) in [5, 5.41) is 0. The molecular weight excluding hydrogens is 146 g/mol. The minimum Gasteiger partial charge on any atom is -1.00 e. The summed E-state index contributed by atoms with van der Waals surface area (Å²) < 4.78 is 0. The van der Waals surface area contributed by atoms with E-state index in [1.165, 1.54) is 12.8 Å². The maximum atomic E-state index is 2.18. The summed E-state index contributed by atoms with van der Waals surface area (Å²) in [5.74, 6) is 0. The fourth-order valence-corrected chi connectivity index (χ4v) is 0. The molecule has 0 aromatic rings. The van der Waals surface area contributed by atoms with Crippen LogP contribution in [0, 0.1) is 0 Å². The van der Waals surface area contributed by atoms with E-state index in [0.29, 0.717) is 0 Å². The Bertz CT molecular complexity index is 11.7. The van der Waals surface area contributed by atoms with Gasteiger partial charge in [-0.25, -0.2) is 0 Å². The fourth-order valence-electron chi connectivity index (χ4n) is 0. The number of unbranched alkanes of at least 4 members (excludes halogenated alkanes) is 1. The van der Waals surface area contributed by atoms with Crippen LogP contribution in [0.1, 0.15) is 26.7 Å². The normalized spacial score (nSPS) is 4.29. The molecule has 0 N–H and O–H groups in total. The molecule has 0 nitrogen and oxygen atoms in total. The Morgan fingerprint density at radius 1 is 0.857 bits per heavy atom. The molecule has 3 heteroatoms. The van der Waals surface area contributed by atoms with Gasteiger partial charge in [0.1, 0.15) is 0 Å². The van der Waals surface area contributed by atoms with Crippen LogP contribution < -0.4 is 24.8 Å². The molecule has 0 unspecified atom stereocenters. The molecule has 0 aliphatic carbocycles. The van der Waals surface area contributed by atoms with Crippen molar-refractivity contribution in [3.63, 3.8) is 0 Å². The topological polar surface area (TPSA) is 0 Å². The van der Waals surface area contributed by atoms with Crippen molar-refractivity contribution in [1.82, 2.24) is 0 Å². The van der Waals surface area contributed by atoms with Crippen LogP contribution >= 0.6 is 0 Å². The number of hydrogen-bond donors (Lipinski definition) is 0. The summed E-state index contributed by atoms with van der Waals surface area (Å²) in [5.41, 5.74) is 0. The molecule has 0 atom stereocenters. The van der Waals surface area contributed by atoms with Gasteiger partial charge in [0.25, 0.3) is 0 Å². The second kappa shape index (κ2) is 27.4. The van der Waals surface area contributed by atoms with Gasteiger partial charge in [-0.1, -0.05) is 26.7 Å². The van der Waals surface area contributed by atoms with E-state index in [1.54, 1.807) is 0 Å². The predicted molar refractivity (Wildman–Crippen MR) is 26.3 cm³/mol. The van der Waals surface area contributed by atoms with Gasteiger partial charge in [0.15, 0.2) is 0 Å². The molecule has 0 rings (SSSR count). The zero-order chi connectivity index (χ0) is 3.41. The van der Waals surface area contributed by atoms with Gasteiger partial charge in [-0.2, -0.15) is 0 Å². The van der Waals surface area contributed by atoms with Gasteiger partial charge in [0.05, 0.1) is 0 Å². The van der Waals surface area contributed by atoms with Crippen molar-refractivity contribution in [2.45, 2.75) is 26.7 Å².